The number of benzene rings is 4. The van der Waals surface area contributed by atoms with Gasteiger partial charge in [0.05, 0.1) is 0 Å². The zero-order valence-electron chi connectivity index (χ0n) is 22.1. The fourth-order valence-corrected chi connectivity index (χ4v) is 12.8. The second-order valence-corrected chi connectivity index (χ2v) is 41.2. The summed E-state index contributed by atoms with van der Waals surface area (Å²) < 4.78 is -1.77. The van der Waals surface area contributed by atoms with Crippen LogP contribution in [0.25, 0.3) is 0 Å². The second-order valence-electron chi connectivity index (χ2n) is 9.48. The highest BCUT2D eigenvalue weighted by Gasteiger charge is 2.27. The first kappa shape index (κ1) is 40.3. The van der Waals surface area contributed by atoms with Crippen molar-refractivity contribution in [3.63, 3.8) is 0 Å². The third-order valence-corrected chi connectivity index (χ3v) is 17.4. The Bertz CT molecular complexity index is 1280. The Morgan fingerprint density at radius 1 is 0.295 bits per heavy atom. The molecule has 0 atom stereocenters. The Morgan fingerprint density at radius 2 is 0.455 bits per heavy atom. The molecule has 0 saturated carbocycles. The van der Waals surface area contributed by atoms with Crippen LogP contribution in [0.15, 0.2) is 97.1 Å². The van der Waals surface area contributed by atoms with Crippen molar-refractivity contribution in [1.82, 2.24) is 0 Å². The number of alkyl halides is 12. The van der Waals surface area contributed by atoms with Gasteiger partial charge in [-0.2, -0.15) is 0 Å². The van der Waals surface area contributed by atoms with E-state index in [4.69, 9.17) is 0 Å². The second kappa shape index (κ2) is 16.9. The van der Waals surface area contributed by atoms with E-state index in [1.54, 1.807) is 0 Å². The van der Waals surface area contributed by atoms with Crippen LogP contribution in [0.2, 0.25) is 0 Å². The Balaban J connectivity index is 1.74. The lowest BCUT2D eigenvalue weighted by molar-refractivity contribution is 1.37. The molecule has 0 unspecified atom stereocenters. The minimum Gasteiger partial charge on any atom is -0.0552 e. The van der Waals surface area contributed by atoms with E-state index in [1.165, 1.54) is 21.2 Å². The molecule has 0 fully saturated rings. The van der Waals surface area contributed by atoms with Gasteiger partial charge in [-0.3, -0.25) is 0 Å². The Kier molecular flexibility index (Phi) is 15.5. The van der Waals surface area contributed by atoms with E-state index in [2.05, 4.69) is 288 Å². The Morgan fingerprint density at radius 3 is 0.591 bits per heavy atom. The molecule has 0 N–H and O–H groups in total. The highest BCUT2D eigenvalue weighted by Crippen LogP contribution is 2.49. The van der Waals surface area contributed by atoms with Gasteiger partial charge >= 0.3 is 0 Å². The highest BCUT2D eigenvalue weighted by atomic mass is 80.0. The summed E-state index contributed by atoms with van der Waals surface area (Å²) in [7, 11) is -1.26. The third kappa shape index (κ3) is 11.5. The standard InChI is InChI=1S/C30H20Br12P2/c31-27(32,33)19-1-9-23(10-2-19)43(24-11-3-20(4-12-24)28(34,35)36)17-18-44(25-13-5-21(6-14-25)29(37,38)39)26-15-7-22(8-16-26)30(40,41)42/h1-16H,17-18H2. The van der Waals surface area contributed by atoms with Crippen LogP contribution in [-0.4, -0.2) is 12.3 Å². The van der Waals surface area contributed by atoms with Gasteiger partial charge in [0.15, 0.2) is 8.57 Å². The first-order valence-electron chi connectivity index (χ1n) is 12.6. The molecule has 0 aromatic heterocycles. The zero-order chi connectivity index (χ0) is 32.5. The summed E-state index contributed by atoms with van der Waals surface area (Å²) >= 11 is 44.0. The van der Waals surface area contributed by atoms with Gasteiger partial charge in [-0.15, -0.1) is 0 Å². The van der Waals surface area contributed by atoms with Crippen LogP contribution in [0.1, 0.15) is 22.3 Å². The monoisotopic (exact) mass is 1390 g/mol. The van der Waals surface area contributed by atoms with E-state index in [-0.39, 0.29) is 0 Å². The van der Waals surface area contributed by atoms with E-state index in [0.717, 1.165) is 34.6 Å². The van der Waals surface area contributed by atoms with Crippen LogP contribution in [0.4, 0.5) is 0 Å². The molecule has 4 aromatic rings. The summed E-state index contributed by atoms with van der Waals surface area (Å²) in [4.78, 5) is 0. The van der Waals surface area contributed by atoms with Gasteiger partial charge in [0.25, 0.3) is 0 Å². The van der Waals surface area contributed by atoms with Gasteiger partial charge in [0.1, 0.15) is 0 Å². The summed E-state index contributed by atoms with van der Waals surface area (Å²) in [5.41, 5.74) is 4.44. The van der Waals surface area contributed by atoms with E-state index < -0.39 is 24.4 Å². The molecule has 4 aromatic carbocycles. The number of hydrogen-bond acceptors (Lipinski definition) is 0. The van der Waals surface area contributed by atoms with Crippen molar-refractivity contribution in [2.75, 3.05) is 12.3 Å². The zero-order valence-corrected chi connectivity index (χ0v) is 42.9. The van der Waals surface area contributed by atoms with Crippen molar-refractivity contribution < 1.29 is 0 Å². The molecular formula is C30H20Br12P2. The molecule has 14 heteroatoms. The van der Waals surface area contributed by atoms with Crippen molar-refractivity contribution >= 4 is 228 Å². The van der Waals surface area contributed by atoms with Crippen LogP contribution >= 0.6 is 207 Å². The molecule has 0 amide bonds. The quantitative estimate of drug-likeness (QED) is 0.128. The number of hydrogen-bond donors (Lipinski definition) is 0. The first-order chi connectivity index (χ1) is 20.3. The summed E-state index contributed by atoms with van der Waals surface area (Å²) in [6, 6.07) is 35.6. The molecule has 234 valence electrons. The number of rotatable bonds is 7. The maximum atomic E-state index is 3.67. The predicted octanol–water partition coefficient (Wildman–Crippen LogP) is 14.4. The van der Waals surface area contributed by atoms with E-state index in [1.807, 2.05) is 0 Å². The van der Waals surface area contributed by atoms with Gasteiger partial charge in [-0.1, -0.05) is 288 Å². The number of halogens is 12. The predicted molar refractivity (Wildman–Crippen MR) is 242 cm³/mol. The van der Waals surface area contributed by atoms with Crippen molar-refractivity contribution in [2.24, 2.45) is 0 Å². The molecule has 0 heterocycles. The Hall–Kier alpha value is 3.50. The van der Waals surface area contributed by atoms with Gasteiger partial charge < -0.3 is 0 Å². The lowest BCUT2D eigenvalue weighted by Crippen LogP contribution is -2.21. The van der Waals surface area contributed by atoms with Crippen LogP contribution in [-0.2, 0) is 8.57 Å². The average Bonchev–Trinajstić information content (AvgIpc) is 2.94. The van der Waals surface area contributed by atoms with Gasteiger partial charge in [-0.05, 0) is 71.6 Å². The molecule has 0 aliphatic carbocycles. The molecule has 4 rings (SSSR count). The average molecular weight is 1400 g/mol. The summed E-state index contributed by atoms with van der Waals surface area (Å²) in [5, 5.41) is 5.40. The van der Waals surface area contributed by atoms with Crippen LogP contribution in [0.3, 0.4) is 0 Å². The molecule has 0 nitrogen and oxygen atoms in total. The molecule has 0 spiro atoms. The molecule has 0 saturated heterocycles. The van der Waals surface area contributed by atoms with E-state index in [0.29, 0.717) is 0 Å². The maximum absolute atomic E-state index is 3.67. The summed E-state index contributed by atoms with van der Waals surface area (Å²) in [6.07, 6.45) is 2.10. The lowest BCUT2D eigenvalue weighted by atomic mass is 10.2. The van der Waals surface area contributed by atoms with Crippen molar-refractivity contribution in [3.8, 4) is 0 Å². The topological polar surface area (TPSA) is 0 Å². The largest absolute Gasteiger partial charge is 0.159 e. The van der Waals surface area contributed by atoms with Crippen LogP contribution in [0.5, 0.6) is 0 Å². The summed E-state index contributed by atoms with van der Waals surface area (Å²) in [6.45, 7) is 0. The van der Waals surface area contributed by atoms with Crippen molar-refractivity contribution in [3.05, 3.63) is 119 Å². The molecule has 0 radical (unpaired) electrons. The smallest absolute Gasteiger partial charge is 0.0552 e. The molecule has 0 aliphatic rings. The molecule has 0 bridgehead atoms. The van der Waals surface area contributed by atoms with E-state index in [9.17, 15) is 0 Å². The minimum absolute atomic E-state index is 0.443. The normalized spacial score (nSPS) is 13.1. The molecule has 44 heavy (non-hydrogen) atoms. The van der Waals surface area contributed by atoms with Crippen LogP contribution in [0, 0.1) is 0 Å². The first-order valence-corrected chi connectivity index (χ1v) is 25.1. The van der Waals surface area contributed by atoms with Gasteiger partial charge in [0.2, 0.25) is 0 Å². The third-order valence-electron chi connectivity index (χ3n) is 6.57. The van der Waals surface area contributed by atoms with Gasteiger partial charge in [0, 0.05) is 0 Å². The van der Waals surface area contributed by atoms with Crippen molar-refractivity contribution in [2.45, 2.75) is 8.57 Å². The highest BCUT2D eigenvalue weighted by molar-refractivity contribution is 9.39. The molecule has 0 aliphatic heterocycles. The van der Waals surface area contributed by atoms with Gasteiger partial charge in [-0.25, -0.2) is 0 Å². The fraction of sp³-hybridized carbons (Fsp3) is 0.200. The molecular weight excluding hydrogens is 1380 g/mol. The summed E-state index contributed by atoms with van der Waals surface area (Å²) in [5.74, 6) is 0. The maximum Gasteiger partial charge on any atom is 0.159 e. The van der Waals surface area contributed by atoms with Crippen molar-refractivity contribution in [1.29, 1.82) is 0 Å². The fourth-order valence-electron chi connectivity index (χ4n) is 4.34. The van der Waals surface area contributed by atoms with Crippen LogP contribution < -0.4 is 21.2 Å². The minimum atomic E-state index is -0.631. The Labute approximate surface area is 362 Å². The lowest BCUT2D eigenvalue weighted by Gasteiger charge is -2.26. The SMILES string of the molecule is BrC(Br)(Br)c1ccc(P(CCP(c2ccc(C(Br)(Br)Br)cc2)c2ccc(C(Br)(Br)Br)cc2)c2ccc(C(Br)(Br)Br)cc2)cc1. The van der Waals surface area contributed by atoms with E-state index >= 15 is 0 Å².